The number of primary amides is 1. The molecule has 1 aliphatic rings. The van der Waals surface area contributed by atoms with Gasteiger partial charge in [-0.1, -0.05) is 18.2 Å². The van der Waals surface area contributed by atoms with E-state index < -0.39 is 5.91 Å². The molecule has 3 rings (SSSR count). The second-order valence-electron chi connectivity index (χ2n) is 4.51. The summed E-state index contributed by atoms with van der Waals surface area (Å²) in [5, 5.41) is 0.824. The Hall–Kier alpha value is -1.75. The van der Waals surface area contributed by atoms with Crippen LogP contribution in [-0.2, 0) is 0 Å². The van der Waals surface area contributed by atoms with Crippen molar-refractivity contribution in [3.63, 3.8) is 0 Å². The molecular formula is C14H15N3OS. The lowest BCUT2D eigenvalue weighted by atomic mass is 10.1. The molecule has 1 saturated heterocycles. The number of anilines is 1. The van der Waals surface area contributed by atoms with Crippen molar-refractivity contribution in [1.29, 1.82) is 0 Å². The number of hydrogen-bond donors (Lipinski definition) is 1. The molecule has 5 heteroatoms. The van der Waals surface area contributed by atoms with E-state index in [-0.39, 0.29) is 0 Å². The van der Waals surface area contributed by atoms with Crippen LogP contribution in [0.25, 0.3) is 10.9 Å². The molecule has 4 nitrogen and oxygen atoms in total. The number of rotatable bonds is 2. The summed E-state index contributed by atoms with van der Waals surface area (Å²) in [7, 11) is 0. The summed E-state index contributed by atoms with van der Waals surface area (Å²) in [6.45, 7) is 1.93. The van der Waals surface area contributed by atoms with E-state index in [1.807, 2.05) is 42.1 Å². The molecular weight excluding hydrogens is 258 g/mol. The van der Waals surface area contributed by atoms with Gasteiger partial charge in [-0.2, -0.15) is 11.8 Å². The predicted molar refractivity (Wildman–Crippen MR) is 79.8 cm³/mol. The number of thioether (sulfide) groups is 1. The van der Waals surface area contributed by atoms with Crippen molar-refractivity contribution in [2.75, 3.05) is 29.5 Å². The van der Waals surface area contributed by atoms with E-state index >= 15 is 0 Å². The lowest BCUT2D eigenvalue weighted by Gasteiger charge is -2.28. The van der Waals surface area contributed by atoms with E-state index in [0.29, 0.717) is 5.56 Å². The molecule has 0 atom stereocenters. The molecule has 98 valence electrons. The van der Waals surface area contributed by atoms with Crippen LogP contribution in [0.5, 0.6) is 0 Å². The zero-order chi connectivity index (χ0) is 13.2. The molecule has 1 aliphatic heterocycles. The van der Waals surface area contributed by atoms with Gasteiger partial charge in [-0.3, -0.25) is 4.79 Å². The lowest BCUT2D eigenvalue weighted by Crippen LogP contribution is -2.33. The van der Waals surface area contributed by atoms with Crippen molar-refractivity contribution >= 4 is 34.4 Å². The van der Waals surface area contributed by atoms with Gasteiger partial charge < -0.3 is 10.6 Å². The Morgan fingerprint density at radius 3 is 2.74 bits per heavy atom. The number of benzene rings is 1. The third kappa shape index (κ3) is 2.38. The molecule has 19 heavy (non-hydrogen) atoms. The molecule has 1 aromatic carbocycles. The number of hydrogen-bond acceptors (Lipinski definition) is 4. The second-order valence-corrected chi connectivity index (χ2v) is 5.73. The van der Waals surface area contributed by atoms with Gasteiger partial charge in [0.2, 0.25) is 5.91 Å². The van der Waals surface area contributed by atoms with Gasteiger partial charge in [-0.25, -0.2) is 4.98 Å². The molecule has 2 heterocycles. The zero-order valence-electron chi connectivity index (χ0n) is 10.5. The maximum atomic E-state index is 11.6. The SMILES string of the molecule is NC(=O)c1cc(N2CCSCC2)nc2ccccc12. The van der Waals surface area contributed by atoms with E-state index in [9.17, 15) is 4.79 Å². The van der Waals surface area contributed by atoms with Crippen LogP contribution in [-0.4, -0.2) is 35.5 Å². The monoisotopic (exact) mass is 273 g/mol. The number of para-hydroxylation sites is 1. The Labute approximate surface area is 116 Å². The number of fused-ring (bicyclic) bond motifs is 1. The normalized spacial score (nSPS) is 15.7. The molecule has 0 saturated carbocycles. The minimum absolute atomic E-state index is 0.397. The van der Waals surface area contributed by atoms with Crippen LogP contribution in [0.4, 0.5) is 5.82 Å². The fraction of sp³-hybridized carbons (Fsp3) is 0.286. The summed E-state index contributed by atoms with van der Waals surface area (Å²) < 4.78 is 0. The molecule has 0 spiro atoms. The van der Waals surface area contributed by atoms with Crippen LogP contribution in [0.1, 0.15) is 10.4 Å². The van der Waals surface area contributed by atoms with E-state index in [1.54, 1.807) is 0 Å². The first-order valence-corrected chi connectivity index (χ1v) is 7.43. The number of nitrogens with zero attached hydrogens (tertiary/aromatic N) is 2. The summed E-state index contributed by atoms with van der Waals surface area (Å²) in [5.41, 5.74) is 6.87. The highest BCUT2D eigenvalue weighted by Crippen LogP contribution is 2.24. The van der Waals surface area contributed by atoms with E-state index in [2.05, 4.69) is 9.88 Å². The molecule has 0 unspecified atom stereocenters. The fourth-order valence-corrected chi connectivity index (χ4v) is 3.22. The highest BCUT2D eigenvalue weighted by Gasteiger charge is 2.16. The number of pyridine rings is 1. The molecule has 2 N–H and O–H groups in total. The van der Waals surface area contributed by atoms with Gasteiger partial charge >= 0.3 is 0 Å². The van der Waals surface area contributed by atoms with E-state index in [4.69, 9.17) is 5.73 Å². The molecule has 1 aromatic heterocycles. The fourth-order valence-electron chi connectivity index (χ4n) is 2.32. The van der Waals surface area contributed by atoms with Crippen LogP contribution in [0, 0.1) is 0 Å². The predicted octanol–water partition coefficient (Wildman–Crippen LogP) is 1.89. The smallest absolute Gasteiger partial charge is 0.249 e. The Balaban J connectivity index is 2.12. The average molecular weight is 273 g/mol. The highest BCUT2D eigenvalue weighted by atomic mass is 32.2. The van der Waals surface area contributed by atoms with Gasteiger partial charge in [0.15, 0.2) is 0 Å². The van der Waals surface area contributed by atoms with Crippen molar-refractivity contribution < 1.29 is 4.79 Å². The van der Waals surface area contributed by atoms with E-state index in [0.717, 1.165) is 41.3 Å². The van der Waals surface area contributed by atoms with Gasteiger partial charge in [0.25, 0.3) is 0 Å². The maximum absolute atomic E-state index is 11.6. The third-order valence-corrected chi connectivity index (χ3v) is 4.25. The minimum atomic E-state index is -0.397. The topological polar surface area (TPSA) is 59.2 Å². The number of aromatic nitrogens is 1. The van der Waals surface area contributed by atoms with Crippen LogP contribution in [0.3, 0.4) is 0 Å². The Morgan fingerprint density at radius 2 is 2.00 bits per heavy atom. The van der Waals surface area contributed by atoms with Gasteiger partial charge in [0, 0.05) is 30.0 Å². The molecule has 0 bridgehead atoms. The number of carbonyl (C=O) groups is 1. The second kappa shape index (κ2) is 5.09. The van der Waals surface area contributed by atoms with Crippen molar-refractivity contribution in [2.24, 2.45) is 5.73 Å². The molecule has 1 fully saturated rings. The maximum Gasteiger partial charge on any atom is 0.249 e. The summed E-state index contributed by atoms with van der Waals surface area (Å²) in [6.07, 6.45) is 0. The quantitative estimate of drug-likeness (QED) is 0.907. The van der Waals surface area contributed by atoms with Crippen molar-refractivity contribution in [1.82, 2.24) is 4.98 Å². The van der Waals surface area contributed by atoms with Gasteiger partial charge in [-0.05, 0) is 12.1 Å². The summed E-state index contributed by atoms with van der Waals surface area (Å²) >= 11 is 1.95. The largest absolute Gasteiger partial charge is 0.366 e. The molecule has 2 aromatic rings. The number of carbonyl (C=O) groups excluding carboxylic acids is 1. The Kier molecular flexibility index (Phi) is 3.29. The average Bonchev–Trinajstić information content (AvgIpc) is 2.47. The first-order chi connectivity index (χ1) is 9.25. The van der Waals surface area contributed by atoms with Gasteiger partial charge in [-0.15, -0.1) is 0 Å². The van der Waals surface area contributed by atoms with Crippen molar-refractivity contribution in [2.45, 2.75) is 0 Å². The van der Waals surface area contributed by atoms with Crippen LogP contribution in [0.15, 0.2) is 30.3 Å². The number of nitrogens with two attached hydrogens (primary N) is 1. The molecule has 0 radical (unpaired) electrons. The van der Waals surface area contributed by atoms with E-state index in [1.165, 1.54) is 0 Å². The van der Waals surface area contributed by atoms with Gasteiger partial charge in [0.05, 0.1) is 11.1 Å². The first-order valence-electron chi connectivity index (χ1n) is 6.28. The summed E-state index contributed by atoms with van der Waals surface area (Å²) in [5.74, 6) is 2.65. The highest BCUT2D eigenvalue weighted by molar-refractivity contribution is 7.99. The third-order valence-electron chi connectivity index (χ3n) is 3.30. The van der Waals surface area contributed by atoms with Gasteiger partial charge in [0.1, 0.15) is 5.82 Å². The van der Waals surface area contributed by atoms with Crippen molar-refractivity contribution in [3.05, 3.63) is 35.9 Å². The lowest BCUT2D eigenvalue weighted by molar-refractivity contribution is 0.100. The first kappa shape index (κ1) is 12.3. The van der Waals surface area contributed by atoms with Crippen LogP contribution in [0.2, 0.25) is 0 Å². The Morgan fingerprint density at radius 1 is 1.26 bits per heavy atom. The van der Waals surface area contributed by atoms with Crippen LogP contribution < -0.4 is 10.6 Å². The minimum Gasteiger partial charge on any atom is -0.366 e. The summed E-state index contributed by atoms with van der Waals surface area (Å²) in [4.78, 5) is 18.5. The summed E-state index contributed by atoms with van der Waals surface area (Å²) in [6, 6.07) is 9.45. The molecule has 1 amide bonds. The number of amides is 1. The van der Waals surface area contributed by atoms with Crippen LogP contribution >= 0.6 is 11.8 Å². The molecule has 0 aliphatic carbocycles. The standard InChI is InChI=1S/C14H15N3OS/c15-14(18)11-9-13(17-5-7-19-8-6-17)16-12-4-2-1-3-10(11)12/h1-4,9H,5-8H2,(H2,15,18). The van der Waals surface area contributed by atoms with Crippen molar-refractivity contribution in [3.8, 4) is 0 Å². The zero-order valence-corrected chi connectivity index (χ0v) is 11.3. The Bertz CT molecular complexity index is 623.